The van der Waals surface area contributed by atoms with E-state index in [2.05, 4.69) is 14.9 Å². The number of likely N-dealkylation sites (N-methyl/N-ethyl adjacent to an activating group) is 1. The predicted octanol–water partition coefficient (Wildman–Crippen LogP) is 2.00. The topological polar surface area (TPSA) is 62.5 Å². The van der Waals surface area contributed by atoms with Crippen LogP contribution < -0.4 is 0 Å². The molecule has 1 saturated heterocycles. The van der Waals surface area contributed by atoms with Crippen LogP contribution in [0.3, 0.4) is 0 Å². The van der Waals surface area contributed by atoms with E-state index in [0.717, 1.165) is 56.3 Å². The Morgan fingerprint density at radius 2 is 2.12 bits per heavy atom. The van der Waals surface area contributed by atoms with Gasteiger partial charge in [0, 0.05) is 25.2 Å². The van der Waals surface area contributed by atoms with Gasteiger partial charge in [0.05, 0.1) is 24.1 Å². The standard InChI is InChI=1S/C18H22N4O2/c1-13-19-10-15-16(20-13)18(12-21(2)17(15)23)5-7-22(8-6-18)11-14-4-3-9-24-14/h3-4,9-10H,5-8,11-12H2,1-2H3. The van der Waals surface area contributed by atoms with E-state index in [-0.39, 0.29) is 11.3 Å². The Bertz CT molecular complexity index is 748. The summed E-state index contributed by atoms with van der Waals surface area (Å²) in [6, 6.07) is 3.95. The molecule has 0 saturated carbocycles. The molecule has 0 aliphatic carbocycles. The SMILES string of the molecule is Cc1ncc2c(n1)C1(CCN(Cc3ccco3)CC1)CN(C)C2=O. The van der Waals surface area contributed by atoms with Crippen molar-refractivity contribution in [1.29, 1.82) is 0 Å². The molecule has 0 aromatic carbocycles. The first-order valence-electron chi connectivity index (χ1n) is 8.42. The van der Waals surface area contributed by atoms with E-state index in [9.17, 15) is 4.79 Å². The first-order valence-corrected chi connectivity index (χ1v) is 8.42. The lowest BCUT2D eigenvalue weighted by Gasteiger charge is -2.46. The highest BCUT2D eigenvalue weighted by molar-refractivity contribution is 5.96. The molecule has 4 rings (SSSR count). The van der Waals surface area contributed by atoms with Crippen LogP contribution in [0, 0.1) is 6.92 Å². The van der Waals surface area contributed by atoms with Gasteiger partial charge in [-0.05, 0) is 45.0 Å². The van der Waals surface area contributed by atoms with Crippen molar-refractivity contribution >= 4 is 5.91 Å². The molecule has 1 amide bonds. The van der Waals surface area contributed by atoms with E-state index in [1.165, 1.54) is 0 Å². The number of fused-ring (bicyclic) bond motifs is 2. The number of furan rings is 1. The number of piperidine rings is 1. The highest BCUT2D eigenvalue weighted by Crippen LogP contribution is 2.40. The van der Waals surface area contributed by atoms with Crippen molar-refractivity contribution in [2.24, 2.45) is 0 Å². The molecular weight excluding hydrogens is 304 g/mol. The summed E-state index contributed by atoms with van der Waals surface area (Å²) in [5.74, 6) is 1.78. The molecule has 4 heterocycles. The molecule has 2 aromatic rings. The van der Waals surface area contributed by atoms with Crippen LogP contribution in [-0.4, -0.2) is 52.4 Å². The van der Waals surface area contributed by atoms with E-state index in [1.807, 2.05) is 31.0 Å². The van der Waals surface area contributed by atoms with Crippen LogP contribution in [0.2, 0.25) is 0 Å². The van der Waals surface area contributed by atoms with Gasteiger partial charge in [-0.15, -0.1) is 0 Å². The Labute approximate surface area is 141 Å². The number of amides is 1. The lowest BCUT2D eigenvalue weighted by Crippen LogP contribution is -2.53. The maximum Gasteiger partial charge on any atom is 0.257 e. The largest absolute Gasteiger partial charge is 0.468 e. The molecule has 2 aromatic heterocycles. The number of likely N-dealkylation sites (tertiary alicyclic amines) is 1. The van der Waals surface area contributed by atoms with Crippen molar-refractivity contribution in [3.05, 3.63) is 47.4 Å². The molecular formula is C18H22N4O2. The number of rotatable bonds is 2. The van der Waals surface area contributed by atoms with E-state index < -0.39 is 0 Å². The smallest absolute Gasteiger partial charge is 0.257 e. The molecule has 1 spiro atoms. The maximum absolute atomic E-state index is 12.5. The summed E-state index contributed by atoms with van der Waals surface area (Å²) in [6.07, 6.45) is 5.41. The van der Waals surface area contributed by atoms with Crippen LogP contribution in [0.1, 0.15) is 40.5 Å². The van der Waals surface area contributed by atoms with Gasteiger partial charge in [0.25, 0.3) is 5.91 Å². The maximum atomic E-state index is 12.5. The number of hydrogen-bond acceptors (Lipinski definition) is 5. The Balaban J connectivity index is 1.59. The van der Waals surface area contributed by atoms with Gasteiger partial charge in [-0.2, -0.15) is 0 Å². The number of carbonyl (C=O) groups is 1. The van der Waals surface area contributed by atoms with Gasteiger partial charge in [0.1, 0.15) is 11.6 Å². The van der Waals surface area contributed by atoms with Gasteiger partial charge >= 0.3 is 0 Å². The molecule has 0 bridgehead atoms. The first kappa shape index (κ1) is 15.3. The summed E-state index contributed by atoms with van der Waals surface area (Å²) in [4.78, 5) is 25.6. The Hall–Kier alpha value is -2.21. The number of carbonyl (C=O) groups excluding carboxylic acids is 1. The third kappa shape index (κ3) is 2.51. The molecule has 6 nitrogen and oxygen atoms in total. The zero-order chi connectivity index (χ0) is 16.7. The van der Waals surface area contributed by atoms with Crippen LogP contribution >= 0.6 is 0 Å². The van der Waals surface area contributed by atoms with Crippen LogP contribution in [0.4, 0.5) is 0 Å². The fourth-order valence-corrected chi connectivity index (χ4v) is 3.99. The van der Waals surface area contributed by atoms with E-state index in [4.69, 9.17) is 4.42 Å². The second-order valence-corrected chi connectivity index (χ2v) is 6.98. The van der Waals surface area contributed by atoms with Gasteiger partial charge in [0.2, 0.25) is 0 Å². The second kappa shape index (κ2) is 5.70. The average Bonchev–Trinajstić information content (AvgIpc) is 3.08. The minimum absolute atomic E-state index is 0.0358. The van der Waals surface area contributed by atoms with Crippen molar-refractivity contribution in [1.82, 2.24) is 19.8 Å². The molecule has 0 N–H and O–H groups in total. The minimum Gasteiger partial charge on any atom is -0.468 e. The van der Waals surface area contributed by atoms with Crippen LogP contribution in [0.25, 0.3) is 0 Å². The summed E-state index contributed by atoms with van der Waals surface area (Å²) in [7, 11) is 1.88. The van der Waals surface area contributed by atoms with Crippen LogP contribution in [0.5, 0.6) is 0 Å². The number of aromatic nitrogens is 2. The summed E-state index contributed by atoms with van der Waals surface area (Å²) in [5, 5.41) is 0. The zero-order valence-corrected chi connectivity index (χ0v) is 14.2. The number of hydrogen-bond donors (Lipinski definition) is 0. The second-order valence-electron chi connectivity index (χ2n) is 6.98. The monoisotopic (exact) mass is 326 g/mol. The van der Waals surface area contributed by atoms with Gasteiger partial charge in [-0.1, -0.05) is 0 Å². The quantitative estimate of drug-likeness (QED) is 0.845. The third-order valence-electron chi connectivity index (χ3n) is 5.30. The Morgan fingerprint density at radius 1 is 1.33 bits per heavy atom. The van der Waals surface area contributed by atoms with E-state index in [0.29, 0.717) is 5.56 Å². The fraction of sp³-hybridized carbons (Fsp3) is 0.500. The van der Waals surface area contributed by atoms with Crippen molar-refractivity contribution in [3.63, 3.8) is 0 Å². The van der Waals surface area contributed by atoms with Crippen molar-refractivity contribution < 1.29 is 9.21 Å². The van der Waals surface area contributed by atoms with E-state index in [1.54, 1.807) is 12.5 Å². The lowest BCUT2D eigenvalue weighted by atomic mass is 9.71. The molecule has 6 heteroatoms. The van der Waals surface area contributed by atoms with Gasteiger partial charge in [-0.25, -0.2) is 9.97 Å². The predicted molar refractivity (Wildman–Crippen MR) is 88.6 cm³/mol. The minimum atomic E-state index is -0.0502. The molecule has 0 unspecified atom stereocenters. The highest BCUT2D eigenvalue weighted by atomic mass is 16.3. The fourth-order valence-electron chi connectivity index (χ4n) is 3.99. The van der Waals surface area contributed by atoms with Crippen molar-refractivity contribution in [3.8, 4) is 0 Å². The van der Waals surface area contributed by atoms with Gasteiger partial charge in [0.15, 0.2) is 0 Å². The van der Waals surface area contributed by atoms with Crippen LogP contribution in [-0.2, 0) is 12.0 Å². The lowest BCUT2D eigenvalue weighted by molar-refractivity contribution is 0.0617. The number of nitrogens with zero attached hydrogens (tertiary/aromatic N) is 4. The third-order valence-corrected chi connectivity index (χ3v) is 5.30. The Kier molecular flexibility index (Phi) is 3.64. The normalized spacial score (nSPS) is 20.4. The molecule has 126 valence electrons. The average molecular weight is 326 g/mol. The summed E-state index contributed by atoms with van der Waals surface area (Å²) in [6.45, 7) is 5.43. The van der Waals surface area contributed by atoms with Crippen molar-refractivity contribution in [2.45, 2.75) is 31.7 Å². The van der Waals surface area contributed by atoms with Gasteiger partial charge < -0.3 is 9.32 Å². The summed E-state index contributed by atoms with van der Waals surface area (Å²) in [5.41, 5.74) is 1.58. The Morgan fingerprint density at radius 3 is 2.83 bits per heavy atom. The van der Waals surface area contributed by atoms with E-state index >= 15 is 0 Å². The highest BCUT2D eigenvalue weighted by Gasteiger charge is 2.45. The molecule has 2 aliphatic rings. The number of aryl methyl sites for hydroxylation is 1. The zero-order valence-electron chi connectivity index (χ0n) is 14.2. The van der Waals surface area contributed by atoms with Gasteiger partial charge in [-0.3, -0.25) is 9.69 Å². The molecule has 24 heavy (non-hydrogen) atoms. The first-order chi connectivity index (χ1) is 11.6. The summed E-state index contributed by atoms with van der Waals surface area (Å²) >= 11 is 0. The van der Waals surface area contributed by atoms with Crippen LogP contribution in [0.15, 0.2) is 29.0 Å². The molecule has 0 atom stereocenters. The molecule has 0 radical (unpaired) electrons. The molecule has 2 aliphatic heterocycles. The van der Waals surface area contributed by atoms with Crippen molar-refractivity contribution in [2.75, 3.05) is 26.7 Å². The summed E-state index contributed by atoms with van der Waals surface area (Å²) < 4.78 is 5.46. The molecule has 1 fully saturated rings.